The van der Waals surface area contributed by atoms with Gasteiger partial charge in [-0.2, -0.15) is 0 Å². The van der Waals surface area contributed by atoms with Crippen LogP contribution in [0.2, 0.25) is 0 Å². The Labute approximate surface area is 64.0 Å². The highest BCUT2D eigenvalue weighted by Gasteiger charge is 2.38. The van der Waals surface area contributed by atoms with E-state index in [1.807, 2.05) is 0 Å². The highest BCUT2D eigenvalue weighted by molar-refractivity contribution is 5.74. The molecule has 0 saturated carbocycles. The minimum absolute atomic E-state index is 0.384. The summed E-state index contributed by atoms with van der Waals surface area (Å²) in [6.45, 7) is 0.384. The van der Waals surface area contributed by atoms with Crippen LogP contribution in [0.4, 0.5) is 0 Å². The Morgan fingerprint density at radius 2 is 2.36 bits per heavy atom. The van der Waals surface area contributed by atoms with Crippen LogP contribution >= 0.6 is 0 Å². The number of hydrogen-bond donors (Lipinski definition) is 3. The van der Waals surface area contributed by atoms with Gasteiger partial charge in [-0.15, -0.1) is 0 Å². The van der Waals surface area contributed by atoms with Gasteiger partial charge in [-0.1, -0.05) is 0 Å². The summed E-state index contributed by atoms with van der Waals surface area (Å²) in [7, 11) is 1.44. The Morgan fingerprint density at radius 3 is 2.64 bits per heavy atom. The number of aliphatic hydroxyl groups excluding tert-OH is 1. The molecule has 3 atom stereocenters. The van der Waals surface area contributed by atoms with E-state index in [0.29, 0.717) is 6.54 Å². The lowest BCUT2D eigenvalue weighted by Gasteiger charge is -2.13. The summed E-state index contributed by atoms with van der Waals surface area (Å²) in [4.78, 5) is 10.4. The van der Waals surface area contributed by atoms with Crippen molar-refractivity contribution in [3.63, 3.8) is 0 Å². The molecule has 5 nitrogen and oxygen atoms in total. The molecule has 0 bridgehead atoms. The molecule has 1 aliphatic heterocycles. The van der Waals surface area contributed by atoms with Crippen LogP contribution < -0.4 is 5.32 Å². The second-order valence-corrected chi connectivity index (χ2v) is 2.49. The lowest BCUT2D eigenvalue weighted by Crippen LogP contribution is -2.40. The molecule has 3 N–H and O–H groups in total. The van der Waals surface area contributed by atoms with Crippen molar-refractivity contribution >= 4 is 5.97 Å². The van der Waals surface area contributed by atoms with Gasteiger partial charge in [0.25, 0.3) is 0 Å². The molecule has 1 saturated heterocycles. The van der Waals surface area contributed by atoms with Crippen LogP contribution in [-0.2, 0) is 9.53 Å². The van der Waals surface area contributed by atoms with Gasteiger partial charge in [-0.25, -0.2) is 0 Å². The SMILES string of the molecule is CO[C@H]1CN[C@H](C(=O)O)[C@@H]1O. The number of carboxylic acid groups (broad SMARTS) is 1. The van der Waals surface area contributed by atoms with Crippen LogP contribution in [-0.4, -0.2) is 48.1 Å². The predicted octanol–water partition coefficient (Wildman–Crippen LogP) is -1.58. The van der Waals surface area contributed by atoms with Crippen LogP contribution in [0.3, 0.4) is 0 Å². The summed E-state index contributed by atoms with van der Waals surface area (Å²) < 4.78 is 4.83. The smallest absolute Gasteiger partial charge is 0.323 e. The van der Waals surface area contributed by atoms with Gasteiger partial charge in [0.1, 0.15) is 12.1 Å². The van der Waals surface area contributed by atoms with E-state index in [4.69, 9.17) is 9.84 Å². The molecule has 0 aromatic carbocycles. The van der Waals surface area contributed by atoms with E-state index in [1.54, 1.807) is 0 Å². The summed E-state index contributed by atoms with van der Waals surface area (Å²) in [5.74, 6) is -1.04. The number of carbonyl (C=O) groups is 1. The average Bonchev–Trinajstić information content (AvgIpc) is 2.30. The first-order chi connectivity index (χ1) is 5.16. The number of hydrogen-bond acceptors (Lipinski definition) is 4. The maximum atomic E-state index is 10.4. The molecule has 1 aliphatic rings. The third-order valence-corrected chi connectivity index (χ3v) is 1.83. The summed E-state index contributed by atoms with van der Waals surface area (Å²) in [6, 6.07) is -0.889. The Bertz CT molecular complexity index is 161. The molecule has 1 rings (SSSR count). The van der Waals surface area contributed by atoms with Crippen LogP contribution in [0.25, 0.3) is 0 Å². The molecule has 11 heavy (non-hydrogen) atoms. The topological polar surface area (TPSA) is 78.8 Å². The Kier molecular flexibility index (Phi) is 2.43. The molecule has 0 aromatic rings. The van der Waals surface area contributed by atoms with E-state index >= 15 is 0 Å². The van der Waals surface area contributed by atoms with Gasteiger partial charge in [0.2, 0.25) is 0 Å². The molecule has 0 spiro atoms. The third kappa shape index (κ3) is 1.50. The molecule has 5 heteroatoms. The number of aliphatic carboxylic acids is 1. The van der Waals surface area contributed by atoms with Crippen LogP contribution in [0.5, 0.6) is 0 Å². The highest BCUT2D eigenvalue weighted by Crippen LogP contribution is 2.10. The van der Waals surface area contributed by atoms with E-state index in [9.17, 15) is 9.90 Å². The second-order valence-electron chi connectivity index (χ2n) is 2.49. The maximum Gasteiger partial charge on any atom is 0.323 e. The van der Waals surface area contributed by atoms with Crippen LogP contribution in [0, 0.1) is 0 Å². The number of ether oxygens (including phenoxy) is 1. The number of methoxy groups -OCH3 is 1. The second kappa shape index (κ2) is 3.17. The standard InChI is InChI=1S/C6H11NO4/c1-11-3-2-7-4(5(3)8)6(9)10/h3-5,7-8H,2H2,1H3,(H,9,10)/t3-,4-,5+/m0/s1. The van der Waals surface area contributed by atoms with E-state index in [2.05, 4.69) is 5.32 Å². The molecule has 1 heterocycles. The van der Waals surface area contributed by atoms with Crippen molar-refractivity contribution in [2.75, 3.05) is 13.7 Å². The zero-order valence-electron chi connectivity index (χ0n) is 6.15. The molecule has 0 aromatic heterocycles. The Hall–Kier alpha value is -0.650. The van der Waals surface area contributed by atoms with Gasteiger partial charge in [0, 0.05) is 13.7 Å². The van der Waals surface area contributed by atoms with Crippen LogP contribution in [0.1, 0.15) is 0 Å². The summed E-state index contributed by atoms with van der Waals surface area (Å²) in [6.07, 6.45) is -1.35. The van der Waals surface area contributed by atoms with Crippen molar-refractivity contribution in [1.82, 2.24) is 5.32 Å². The van der Waals surface area contributed by atoms with Gasteiger partial charge in [-0.05, 0) is 0 Å². The summed E-state index contributed by atoms with van der Waals surface area (Å²) >= 11 is 0. The lowest BCUT2D eigenvalue weighted by molar-refractivity contribution is -0.142. The normalized spacial score (nSPS) is 37.5. The van der Waals surface area contributed by atoms with Crippen LogP contribution in [0.15, 0.2) is 0 Å². The van der Waals surface area contributed by atoms with Crippen molar-refractivity contribution < 1.29 is 19.7 Å². The minimum atomic E-state index is -1.04. The lowest BCUT2D eigenvalue weighted by atomic mass is 10.1. The fourth-order valence-electron chi connectivity index (χ4n) is 1.16. The van der Waals surface area contributed by atoms with Crippen molar-refractivity contribution in [1.29, 1.82) is 0 Å². The van der Waals surface area contributed by atoms with E-state index in [1.165, 1.54) is 7.11 Å². The third-order valence-electron chi connectivity index (χ3n) is 1.83. The molecule has 0 unspecified atom stereocenters. The number of aliphatic hydroxyl groups is 1. The van der Waals surface area contributed by atoms with Gasteiger partial charge < -0.3 is 14.9 Å². The largest absolute Gasteiger partial charge is 0.480 e. The predicted molar refractivity (Wildman–Crippen MR) is 36.2 cm³/mol. The molecule has 64 valence electrons. The first-order valence-electron chi connectivity index (χ1n) is 3.34. The molecule has 0 amide bonds. The monoisotopic (exact) mass is 161 g/mol. The highest BCUT2D eigenvalue weighted by atomic mass is 16.5. The molecular formula is C6H11NO4. The Morgan fingerprint density at radius 1 is 1.73 bits per heavy atom. The zero-order chi connectivity index (χ0) is 8.43. The quantitative estimate of drug-likeness (QED) is 0.455. The fourth-order valence-corrected chi connectivity index (χ4v) is 1.16. The number of carboxylic acids is 1. The molecule has 0 aliphatic carbocycles. The van der Waals surface area contributed by atoms with E-state index in [0.717, 1.165) is 0 Å². The van der Waals surface area contributed by atoms with E-state index < -0.39 is 24.2 Å². The summed E-state index contributed by atoms with van der Waals surface area (Å²) in [5, 5.41) is 20.4. The molecule has 0 radical (unpaired) electrons. The molecular weight excluding hydrogens is 150 g/mol. The van der Waals surface area contributed by atoms with E-state index in [-0.39, 0.29) is 0 Å². The number of nitrogens with one attached hydrogen (secondary N) is 1. The van der Waals surface area contributed by atoms with Gasteiger partial charge in [-0.3, -0.25) is 10.1 Å². The van der Waals surface area contributed by atoms with Gasteiger partial charge in [0.05, 0.1) is 6.10 Å². The van der Waals surface area contributed by atoms with Crippen molar-refractivity contribution in [2.45, 2.75) is 18.2 Å². The summed E-state index contributed by atoms with van der Waals surface area (Å²) in [5.41, 5.74) is 0. The average molecular weight is 161 g/mol. The first kappa shape index (κ1) is 8.45. The fraction of sp³-hybridized carbons (Fsp3) is 0.833. The van der Waals surface area contributed by atoms with Gasteiger partial charge in [0.15, 0.2) is 0 Å². The van der Waals surface area contributed by atoms with Gasteiger partial charge >= 0.3 is 5.97 Å². The van der Waals surface area contributed by atoms with Crippen molar-refractivity contribution in [3.8, 4) is 0 Å². The van der Waals surface area contributed by atoms with Crippen molar-refractivity contribution in [3.05, 3.63) is 0 Å². The Balaban J connectivity index is 2.55. The minimum Gasteiger partial charge on any atom is -0.480 e. The first-order valence-corrected chi connectivity index (χ1v) is 3.34. The zero-order valence-corrected chi connectivity index (χ0v) is 6.15. The molecule has 1 fully saturated rings. The maximum absolute atomic E-state index is 10.4. The van der Waals surface area contributed by atoms with Crippen molar-refractivity contribution in [2.24, 2.45) is 0 Å². The number of rotatable bonds is 2.